The Morgan fingerprint density at radius 2 is 1.87 bits per heavy atom. The van der Waals surface area contributed by atoms with E-state index in [4.69, 9.17) is 9.47 Å². The summed E-state index contributed by atoms with van der Waals surface area (Å²) in [6.07, 6.45) is 0.365. The minimum atomic E-state index is -0.527. The van der Waals surface area contributed by atoms with Crippen LogP contribution >= 0.6 is 0 Å². The normalized spacial score (nSPS) is 12.0. The molecule has 0 aromatic heterocycles. The first-order valence-electron chi connectivity index (χ1n) is 7.88. The van der Waals surface area contributed by atoms with Crippen LogP contribution in [0.5, 0.6) is 11.5 Å². The fraction of sp³-hybridized carbons (Fsp3) is 0.368. The Morgan fingerprint density at radius 3 is 2.65 bits per heavy atom. The summed E-state index contributed by atoms with van der Waals surface area (Å²) in [5.74, 6) is 1.66. The molecular formula is C19H25NO3. The van der Waals surface area contributed by atoms with Crippen molar-refractivity contribution in [2.75, 3.05) is 26.8 Å². The predicted molar refractivity (Wildman–Crippen MR) is 92.2 cm³/mol. The lowest BCUT2D eigenvalue weighted by Crippen LogP contribution is -2.32. The molecule has 0 unspecified atom stereocenters. The van der Waals surface area contributed by atoms with Gasteiger partial charge in [-0.05, 0) is 55.3 Å². The minimum absolute atomic E-state index is 0.287. The maximum atomic E-state index is 9.95. The number of aliphatic hydroxyl groups is 1. The fourth-order valence-corrected chi connectivity index (χ4v) is 2.29. The molecule has 2 N–H and O–H groups in total. The molecule has 2 aromatic carbocycles. The Bertz CT molecular complexity index is 601. The van der Waals surface area contributed by atoms with Gasteiger partial charge in [0.2, 0.25) is 0 Å². The Hall–Kier alpha value is -2.04. The highest BCUT2D eigenvalue weighted by molar-refractivity contribution is 5.28. The number of rotatable bonds is 9. The van der Waals surface area contributed by atoms with E-state index in [0.29, 0.717) is 6.54 Å². The molecule has 0 amide bonds. The summed E-state index contributed by atoms with van der Waals surface area (Å²) in [7, 11) is 1.67. The van der Waals surface area contributed by atoms with Gasteiger partial charge in [0.05, 0.1) is 7.11 Å². The van der Waals surface area contributed by atoms with E-state index in [9.17, 15) is 5.11 Å². The number of ether oxygens (including phenoxy) is 2. The van der Waals surface area contributed by atoms with Crippen LogP contribution in [0.1, 0.15) is 11.1 Å². The van der Waals surface area contributed by atoms with Crippen molar-refractivity contribution in [1.82, 2.24) is 5.32 Å². The molecule has 0 fully saturated rings. The van der Waals surface area contributed by atoms with Crippen molar-refractivity contribution in [3.05, 3.63) is 59.7 Å². The summed E-state index contributed by atoms with van der Waals surface area (Å²) in [5.41, 5.74) is 2.36. The van der Waals surface area contributed by atoms with E-state index >= 15 is 0 Å². The quantitative estimate of drug-likeness (QED) is 0.698. The fourth-order valence-electron chi connectivity index (χ4n) is 2.29. The highest BCUT2D eigenvalue weighted by Crippen LogP contribution is 2.13. The second kappa shape index (κ2) is 9.18. The van der Waals surface area contributed by atoms with Gasteiger partial charge in [-0.15, -0.1) is 0 Å². The molecule has 2 aromatic rings. The van der Waals surface area contributed by atoms with E-state index < -0.39 is 6.10 Å². The summed E-state index contributed by atoms with van der Waals surface area (Å²) >= 11 is 0. The second-order valence-electron chi connectivity index (χ2n) is 5.59. The Labute approximate surface area is 138 Å². The minimum Gasteiger partial charge on any atom is -0.497 e. The molecule has 4 nitrogen and oxygen atoms in total. The number of hydrogen-bond acceptors (Lipinski definition) is 4. The van der Waals surface area contributed by atoms with E-state index in [2.05, 4.69) is 11.4 Å². The molecule has 124 valence electrons. The van der Waals surface area contributed by atoms with Crippen LogP contribution in [0.15, 0.2) is 48.5 Å². The zero-order valence-electron chi connectivity index (χ0n) is 13.8. The predicted octanol–water partition coefficient (Wildman–Crippen LogP) is 2.58. The van der Waals surface area contributed by atoms with Crippen LogP contribution in [0.25, 0.3) is 0 Å². The first-order valence-corrected chi connectivity index (χ1v) is 7.88. The maximum Gasteiger partial charge on any atom is 0.119 e. The van der Waals surface area contributed by atoms with Gasteiger partial charge < -0.3 is 19.9 Å². The molecule has 1 atom stereocenters. The number of methoxy groups -OCH3 is 1. The standard InChI is InChI=1S/C19H25NO3/c1-15-5-3-8-19(11-15)23-14-17(21)13-20-10-9-16-6-4-7-18(12-16)22-2/h3-8,11-12,17,20-21H,9-10,13-14H2,1-2H3/t17-/m0/s1. The second-order valence-corrected chi connectivity index (χ2v) is 5.59. The van der Waals surface area contributed by atoms with Gasteiger partial charge in [0, 0.05) is 6.54 Å². The van der Waals surface area contributed by atoms with Gasteiger partial charge >= 0.3 is 0 Å². The van der Waals surface area contributed by atoms with Gasteiger partial charge in [0.1, 0.15) is 24.2 Å². The number of aryl methyl sites for hydroxylation is 1. The highest BCUT2D eigenvalue weighted by atomic mass is 16.5. The molecule has 0 aliphatic heterocycles. The molecule has 23 heavy (non-hydrogen) atoms. The van der Waals surface area contributed by atoms with Crippen molar-refractivity contribution in [1.29, 1.82) is 0 Å². The van der Waals surface area contributed by atoms with Crippen LogP contribution in [0.2, 0.25) is 0 Å². The van der Waals surface area contributed by atoms with E-state index in [-0.39, 0.29) is 6.61 Å². The molecular weight excluding hydrogens is 290 g/mol. The third kappa shape index (κ3) is 6.30. The van der Waals surface area contributed by atoms with Crippen molar-refractivity contribution in [3.8, 4) is 11.5 Å². The first kappa shape index (κ1) is 17.3. The lowest BCUT2D eigenvalue weighted by Gasteiger charge is -2.13. The van der Waals surface area contributed by atoms with E-state index in [1.165, 1.54) is 5.56 Å². The van der Waals surface area contributed by atoms with Crippen LogP contribution in [-0.2, 0) is 6.42 Å². The van der Waals surface area contributed by atoms with E-state index in [0.717, 1.165) is 30.0 Å². The van der Waals surface area contributed by atoms with E-state index in [1.54, 1.807) is 7.11 Å². The monoisotopic (exact) mass is 315 g/mol. The molecule has 0 bridgehead atoms. The van der Waals surface area contributed by atoms with Crippen molar-refractivity contribution < 1.29 is 14.6 Å². The van der Waals surface area contributed by atoms with Crippen LogP contribution < -0.4 is 14.8 Å². The summed E-state index contributed by atoms with van der Waals surface area (Å²) in [4.78, 5) is 0. The summed E-state index contributed by atoms with van der Waals surface area (Å²) in [6, 6.07) is 15.8. The van der Waals surface area contributed by atoms with Crippen molar-refractivity contribution >= 4 is 0 Å². The Balaban J connectivity index is 1.63. The van der Waals surface area contributed by atoms with Gasteiger partial charge in [-0.3, -0.25) is 0 Å². The molecule has 0 spiro atoms. The average molecular weight is 315 g/mol. The largest absolute Gasteiger partial charge is 0.497 e. The Morgan fingerprint density at radius 1 is 1.09 bits per heavy atom. The zero-order chi connectivity index (χ0) is 16.5. The molecule has 0 saturated heterocycles. The smallest absolute Gasteiger partial charge is 0.119 e. The Kier molecular flexibility index (Phi) is 6.91. The maximum absolute atomic E-state index is 9.95. The van der Waals surface area contributed by atoms with Gasteiger partial charge in [-0.1, -0.05) is 24.3 Å². The third-order valence-electron chi connectivity index (χ3n) is 3.54. The van der Waals surface area contributed by atoms with E-state index in [1.807, 2.05) is 49.4 Å². The van der Waals surface area contributed by atoms with Gasteiger partial charge in [-0.2, -0.15) is 0 Å². The topological polar surface area (TPSA) is 50.7 Å². The molecule has 0 aliphatic carbocycles. The zero-order valence-corrected chi connectivity index (χ0v) is 13.8. The van der Waals surface area contributed by atoms with Crippen molar-refractivity contribution in [2.45, 2.75) is 19.4 Å². The molecule has 0 aliphatic rings. The number of benzene rings is 2. The molecule has 2 rings (SSSR count). The average Bonchev–Trinajstić information content (AvgIpc) is 2.57. The number of nitrogens with one attached hydrogen (secondary N) is 1. The number of hydrogen-bond donors (Lipinski definition) is 2. The SMILES string of the molecule is COc1cccc(CCNC[C@H](O)COc2cccc(C)c2)c1. The van der Waals surface area contributed by atoms with Gasteiger partial charge in [-0.25, -0.2) is 0 Å². The van der Waals surface area contributed by atoms with Crippen LogP contribution in [0.4, 0.5) is 0 Å². The van der Waals surface area contributed by atoms with Crippen molar-refractivity contribution in [2.24, 2.45) is 0 Å². The van der Waals surface area contributed by atoms with Gasteiger partial charge in [0.15, 0.2) is 0 Å². The highest BCUT2D eigenvalue weighted by Gasteiger charge is 2.05. The summed E-state index contributed by atoms with van der Waals surface area (Å²) < 4.78 is 10.8. The third-order valence-corrected chi connectivity index (χ3v) is 3.54. The van der Waals surface area contributed by atoms with Crippen molar-refractivity contribution in [3.63, 3.8) is 0 Å². The first-order chi connectivity index (χ1) is 11.2. The molecule has 0 heterocycles. The van der Waals surface area contributed by atoms with Crippen LogP contribution in [-0.4, -0.2) is 38.0 Å². The molecule has 0 saturated carbocycles. The lowest BCUT2D eigenvalue weighted by atomic mass is 10.1. The number of aliphatic hydroxyl groups excluding tert-OH is 1. The summed E-state index contributed by atoms with van der Waals surface area (Å²) in [5, 5.41) is 13.2. The lowest BCUT2D eigenvalue weighted by molar-refractivity contribution is 0.106. The van der Waals surface area contributed by atoms with Gasteiger partial charge in [0.25, 0.3) is 0 Å². The summed E-state index contributed by atoms with van der Waals surface area (Å²) in [6.45, 7) is 3.61. The molecule has 0 radical (unpaired) electrons. The molecule has 4 heteroatoms. The van der Waals surface area contributed by atoms with Crippen LogP contribution in [0.3, 0.4) is 0 Å². The van der Waals surface area contributed by atoms with Crippen LogP contribution in [0, 0.1) is 6.92 Å².